The van der Waals surface area contributed by atoms with Gasteiger partial charge >= 0.3 is 11.5 Å². The second-order valence-electron chi connectivity index (χ2n) is 8.62. The summed E-state index contributed by atoms with van der Waals surface area (Å²) in [6.45, 7) is 0.222. The van der Waals surface area contributed by atoms with E-state index in [4.69, 9.17) is 0 Å². The predicted octanol–water partition coefficient (Wildman–Crippen LogP) is 5.41. The van der Waals surface area contributed by atoms with E-state index in [1.807, 2.05) is 43.3 Å². The number of para-hydroxylation sites is 1. The van der Waals surface area contributed by atoms with E-state index in [2.05, 4.69) is 4.98 Å². The van der Waals surface area contributed by atoms with Crippen LogP contribution >= 0.6 is 11.8 Å². The number of carbonyl (C=O) groups is 2. The Morgan fingerprint density at radius 3 is 2.35 bits per heavy atom. The number of imide groups is 1. The molecule has 1 spiro atoms. The smallest absolute Gasteiger partial charge is 0.376 e. The summed E-state index contributed by atoms with van der Waals surface area (Å²) < 4.78 is 38.0. The number of hydrogen-bond donors (Lipinski definition) is 0. The Bertz CT molecular complexity index is 1290. The van der Waals surface area contributed by atoms with Crippen LogP contribution in [0.3, 0.4) is 0 Å². The molecular weight excluding hydrogens is 465 g/mol. The van der Waals surface area contributed by atoms with Gasteiger partial charge in [-0.3, -0.25) is 9.78 Å². The van der Waals surface area contributed by atoms with Gasteiger partial charge in [0.2, 0.25) is 0 Å². The Hall–Kier alpha value is -3.27. The highest BCUT2D eigenvalue weighted by atomic mass is 32.2. The fourth-order valence-electron chi connectivity index (χ4n) is 4.46. The molecule has 0 unspecified atom stereocenters. The molecule has 176 valence electrons. The van der Waals surface area contributed by atoms with Crippen LogP contribution in [0.1, 0.15) is 18.4 Å². The molecule has 0 radical (unpaired) electrons. The van der Waals surface area contributed by atoms with Crippen molar-refractivity contribution in [3.63, 3.8) is 0 Å². The summed E-state index contributed by atoms with van der Waals surface area (Å²) in [7, 11) is 3.79. The van der Waals surface area contributed by atoms with Crippen molar-refractivity contribution in [3.05, 3.63) is 60.3 Å². The quantitative estimate of drug-likeness (QED) is 0.356. The number of amides is 3. The maximum atomic E-state index is 13.5. The second kappa shape index (κ2) is 7.90. The second-order valence-corrected chi connectivity index (χ2v) is 9.75. The highest BCUT2D eigenvalue weighted by Crippen LogP contribution is 2.50. The van der Waals surface area contributed by atoms with Gasteiger partial charge in [0.05, 0.1) is 29.6 Å². The number of carbonyl (C=O) groups excluding carboxylic acids is 2. The Morgan fingerprint density at radius 2 is 1.74 bits per heavy atom. The molecule has 3 aromatic rings. The summed E-state index contributed by atoms with van der Waals surface area (Å²) in [6.07, 6.45) is 2.86. The molecule has 2 aliphatic rings. The van der Waals surface area contributed by atoms with Crippen LogP contribution in [0, 0.1) is 0 Å². The van der Waals surface area contributed by atoms with Crippen LogP contribution < -0.4 is 9.80 Å². The number of rotatable bonds is 5. The van der Waals surface area contributed by atoms with E-state index in [0.29, 0.717) is 12.8 Å². The SMILES string of the molecule is CN(C)c1cnc2ccccc2c1CN1C(=O)N(c2ccc(SC(F)(F)F)cc2)C(=O)C12CC2. The van der Waals surface area contributed by atoms with Crippen molar-refractivity contribution >= 4 is 46.0 Å². The standard InChI is InChI=1S/C24H21F3N4O2S/c1-29(2)20-13-28-19-6-4-3-5-17(19)18(20)14-30-22(33)31(21(32)23(30)11-12-23)15-7-9-16(10-8-15)34-24(25,26)27/h3-10,13H,11-12,14H2,1-2H3. The molecule has 34 heavy (non-hydrogen) atoms. The van der Waals surface area contributed by atoms with Crippen molar-refractivity contribution in [3.8, 4) is 0 Å². The third-order valence-corrected chi connectivity index (χ3v) is 6.99. The molecule has 1 aliphatic heterocycles. The fourth-order valence-corrected chi connectivity index (χ4v) is 5.00. The van der Waals surface area contributed by atoms with Crippen molar-refractivity contribution in [2.24, 2.45) is 0 Å². The minimum absolute atomic E-state index is 0.00721. The van der Waals surface area contributed by atoms with E-state index >= 15 is 0 Å². The van der Waals surface area contributed by atoms with E-state index in [9.17, 15) is 22.8 Å². The summed E-state index contributed by atoms with van der Waals surface area (Å²) in [5, 5.41) is 0.900. The zero-order chi connectivity index (χ0) is 24.3. The Labute approximate surface area is 198 Å². The lowest BCUT2D eigenvalue weighted by Crippen LogP contribution is -2.37. The van der Waals surface area contributed by atoms with Gasteiger partial charge in [-0.2, -0.15) is 13.2 Å². The molecular formula is C24H21F3N4O2S. The fraction of sp³-hybridized carbons (Fsp3) is 0.292. The lowest BCUT2D eigenvalue weighted by Gasteiger charge is -2.26. The van der Waals surface area contributed by atoms with Crippen molar-refractivity contribution < 1.29 is 22.8 Å². The lowest BCUT2D eigenvalue weighted by atomic mass is 10.1. The molecule has 3 amide bonds. The maximum Gasteiger partial charge on any atom is 0.446 e. The minimum Gasteiger partial charge on any atom is -0.376 e. The average molecular weight is 487 g/mol. The molecule has 2 aromatic carbocycles. The van der Waals surface area contributed by atoms with Crippen LogP contribution in [0.4, 0.5) is 29.3 Å². The van der Waals surface area contributed by atoms with Crippen molar-refractivity contribution in [2.75, 3.05) is 23.9 Å². The van der Waals surface area contributed by atoms with Crippen molar-refractivity contribution in [2.45, 2.75) is 35.3 Å². The number of fused-ring (bicyclic) bond motifs is 1. The van der Waals surface area contributed by atoms with Gasteiger partial charge in [-0.1, -0.05) is 18.2 Å². The van der Waals surface area contributed by atoms with Crippen molar-refractivity contribution in [1.82, 2.24) is 9.88 Å². The normalized spacial score (nSPS) is 17.2. The third kappa shape index (κ3) is 3.75. The van der Waals surface area contributed by atoms with Crippen LogP contribution in [0.5, 0.6) is 0 Å². The van der Waals surface area contributed by atoms with E-state index in [1.165, 1.54) is 24.3 Å². The predicted molar refractivity (Wildman–Crippen MR) is 125 cm³/mol. The number of nitrogens with zero attached hydrogens (tertiary/aromatic N) is 4. The Kier molecular flexibility index (Phi) is 5.23. The molecule has 1 aliphatic carbocycles. The summed E-state index contributed by atoms with van der Waals surface area (Å²) in [5.74, 6) is -0.335. The number of benzene rings is 2. The minimum atomic E-state index is -4.41. The number of pyridine rings is 1. The van der Waals surface area contributed by atoms with Crippen LogP contribution in [0.15, 0.2) is 59.6 Å². The average Bonchev–Trinajstić information content (AvgIpc) is 3.55. The molecule has 5 rings (SSSR count). The molecule has 0 atom stereocenters. The first-order valence-electron chi connectivity index (χ1n) is 10.7. The molecule has 2 fully saturated rings. The van der Waals surface area contributed by atoms with E-state index < -0.39 is 17.1 Å². The molecule has 2 heterocycles. The number of thioether (sulfide) groups is 1. The van der Waals surface area contributed by atoms with Crippen molar-refractivity contribution in [1.29, 1.82) is 0 Å². The molecule has 0 bridgehead atoms. The molecule has 0 N–H and O–H groups in total. The molecule has 1 saturated heterocycles. The van der Waals surface area contributed by atoms with Gasteiger partial charge in [-0.15, -0.1) is 0 Å². The summed E-state index contributed by atoms with van der Waals surface area (Å²) in [5.41, 5.74) is -2.52. The molecule has 6 nitrogen and oxygen atoms in total. The molecule has 1 saturated carbocycles. The topological polar surface area (TPSA) is 56.8 Å². The maximum absolute atomic E-state index is 13.5. The van der Waals surface area contributed by atoms with Gasteiger partial charge in [0.15, 0.2) is 0 Å². The summed E-state index contributed by atoms with van der Waals surface area (Å²) in [4.78, 5) is 36.0. The monoisotopic (exact) mass is 486 g/mol. The number of urea groups is 1. The Morgan fingerprint density at radius 1 is 1.06 bits per heavy atom. The van der Waals surface area contributed by atoms with Crippen LogP contribution in [-0.2, 0) is 11.3 Å². The first-order valence-corrected chi connectivity index (χ1v) is 11.5. The van der Waals surface area contributed by atoms with Gasteiger partial charge in [0.1, 0.15) is 5.54 Å². The Balaban J connectivity index is 1.50. The summed E-state index contributed by atoms with van der Waals surface area (Å²) >= 11 is -0.236. The molecule has 10 heteroatoms. The van der Waals surface area contributed by atoms with E-state index in [-0.39, 0.29) is 34.8 Å². The number of alkyl halides is 3. The highest BCUT2D eigenvalue weighted by molar-refractivity contribution is 8.00. The number of halogens is 3. The zero-order valence-corrected chi connectivity index (χ0v) is 19.3. The first kappa shape index (κ1) is 22.5. The number of anilines is 2. The van der Waals surface area contributed by atoms with Crippen LogP contribution in [0.2, 0.25) is 0 Å². The zero-order valence-electron chi connectivity index (χ0n) is 18.5. The van der Waals surface area contributed by atoms with Gasteiger partial charge in [-0.05, 0) is 54.9 Å². The van der Waals surface area contributed by atoms with Gasteiger partial charge < -0.3 is 9.80 Å². The van der Waals surface area contributed by atoms with E-state index in [1.54, 1.807) is 11.1 Å². The molecule has 1 aromatic heterocycles. The van der Waals surface area contributed by atoms with Gasteiger partial charge in [-0.25, -0.2) is 9.69 Å². The lowest BCUT2D eigenvalue weighted by molar-refractivity contribution is -0.120. The number of aromatic nitrogens is 1. The largest absolute Gasteiger partial charge is 0.446 e. The first-order chi connectivity index (χ1) is 16.1. The van der Waals surface area contributed by atoms with E-state index in [0.717, 1.165) is 27.1 Å². The highest BCUT2D eigenvalue weighted by Gasteiger charge is 2.65. The van der Waals surface area contributed by atoms with Gasteiger partial charge in [0, 0.05) is 29.9 Å². The third-order valence-electron chi connectivity index (χ3n) is 6.25. The summed E-state index contributed by atoms with van der Waals surface area (Å²) in [6, 6.07) is 12.5. The number of hydrogen-bond acceptors (Lipinski definition) is 5. The van der Waals surface area contributed by atoms with Gasteiger partial charge in [0.25, 0.3) is 5.91 Å². The van der Waals surface area contributed by atoms with Crippen LogP contribution in [0.25, 0.3) is 10.9 Å². The van der Waals surface area contributed by atoms with Crippen LogP contribution in [-0.4, -0.2) is 47.0 Å².